The smallest absolute Gasteiger partial charge is 0.307 e. The molecule has 0 amide bonds. The van der Waals surface area contributed by atoms with Gasteiger partial charge in [0, 0.05) is 22.8 Å². The standard InChI is InChI=1S/C14H11Cl2NO2.Cu/c15-10-5-3-6-11(16)14(10)17-12-7-2-1-4-9(12)8-13(18)19;/h1-7,17H,8H2,(H,18,19);. The average Bonchev–Trinajstić information content (AvgIpc) is 2.35. The number of aliphatic carboxylic acids is 1. The zero-order chi connectivity index (χ0) is 13.8. The molecule has 3 nitrogen and oxygen atoms in total. The molecule has 0 unspecified atom stereocenters. The monoisotopic (exact) mass is 358 g/mol. The van der Waals surface area contributed by atoms with Gasteiger partial charge in [-0.3, -0.25) is 4.79 Å². The fourth-order valence-corrected chi connectivity index (χ4v) is 2.20. The van der Waals surface area contributed by atoms with Gasteiger partial charge in [-0.2, -0.15) is 0 Å². The summed E-state index contributed by atoms with van der Waals surface area (Å²) in [5.41, 5.74) is 1.93. The van der Waals surface area contributed by atoms with E-state index in [1.54, 1.807) is 36.4 Å². The fraction of sp³-hybridized carbons (Fsp3) is 0.0714. The maximum absolute atomic E-state index is 10.8. The summed E-state index contributed by atoms with van der Waals surface area (Å²) in [6.07, 6.45) is -0.0642. The first-order valence-electron chi connectivity index (χ1n) is 5.58. The first-order chi connectivity index (χ1) is 9.08. The van der Waals surface area contributed by atoms with Crippen LogP contribution >= 0.6 is 23.2 Å². The molecule has 0 saturated carbocycles. The molecule has 20 heavy (non-hydrogen) atoms. The second-order valence-electron chi connectivity index (χ2n) is 3.95. The molecule has 109 valence electrons. The van der Waals surface area contributed by atoms with Crippen molar-refractivity contribution in [1.82, 2.24) is 0 Å². The Balaban J connectivity index is 0.00000200. The van der Waals surface area contributed by atoms with Gasteiger partial charge >= 0.3 is 5.97 Å². The molecule has 0 aliphatic heterocycles. The van der Waals surface area contributed by atoms with Gasteiger partial charge in [0.05, 0.1) is 22.2 Å². The van der Waals surface area contributed by atoms with Gasteiger partial charge in [-0.1, -0.05) is 47.5 Å². The molecule has 0 aliphatic carbocycles. The second kappa shape index (κ2) is 7.55. The van der Waals surface area contributed by atoms with Crippen molar-refractivity contribution in [3.63, 3.8) is 0 Å². The first-order valence-corrected chi connectivity index (χ1v) is 6.34. The summed E-state index contributed by atoms with van der Waals surface area (Å²) in [5, 5.41) is 12.9. The van der Waals surface area contributed by atoms with Gasteiger partial charge in [0.15, 0.2) is 0 Å². The van der Waals surface area contributed by atoms with Gasteiger partial charge in [0.2, 0.25) is 0 Å². The van der Waals surface area contributed by atoms with E-state index in [1.807, 2.05) is 6.07 Å². The second-order valence-corrected chi connectivity index (χ2v) is 4.76. The molecule has 0 saturated heterocycles. The number of benzene rings is 2. The maximum Gasteiger partial charge on any atom is 0.307 e. The molecule has 2 rings (SSSR count). The van der Waals surface area contributed by atoms with Crippen molar-refractivity contribution in [2.24, 2.45) is 0 Å². The van der Waals surface area contributed by atoms with Gasteiger partial charge < -0.3 is 10.4 Å². The molecule has 0 spiro atoms. The van der Waals surface area contributed by atoms with E-state index in [0.29, 0.717) is 27.0 Å². The molecule has 1 radical (unpaired) electrons. The Bertz CT molecular complexity index is 600. The molecular weight excluding hydrogens is 349 g/mol. The minimum atomic E-state index is -0.889. The molecule has 0 fully saturated rings. The van der Waals surface area contributed by atoms with Crippen LogP contribution in [-0.4, -0.2) is 11.1 Å². The van der Waals surface area contributed by atoms with Crippen LogP contribution in [-0.2, 0) is 28.3 Å². The van der Waals surface area contributed by atoms with E-state index in [1.165, 1.54) is 0 Å². The third-order valence-corrected chi connectivity index (χ3v) is 3.21. The Morgan fingerprint density at radius 3 is 2.25 bits per heavy atom. The summed E-state index contributed by atoms with van der Waals surface area (Å²) in [6, 6.07) is 12.3. The van der Waals surface area contributed by atoms with E-state index in [0.717, 1.165) is 0 Å². The Morgan fingerprint density at radius 1 is 1.05 bits per heavy atom. The third-order valence-electron chi connectivity index (χ3n) is 2.58. The molecule has 0 atom stereocenters. The van der Waals surface area contributed by atoms with Crippen LogP contribution in [0, 0.1) is 0 Å². The summed E-state index contributed by atoms with van der Waals surface area (Å²) in [6.45, 7) is 0. The zero-order valence-corrected chi connectivity index (χ0v) is 12.6. The number of carboxylic acid groups (broad SMARTS) is 1. The number of carbonyl (C=O) groups is 1. The van der Waals surface area contributed by atoms with Crippen LogP contribution < -0.4 is 5.32 Å². The number of nitrogens with one attached hydrogen (secondary N) is 1. The number of anilines is 2. The quantitative estimate of drug-likeness (QED) is 0.797. The topological polar surface area (TPSA) is 49.3 Å². The predicted octanol–water partition coefficient (Wildman–Crippen LogP) is 4.36. The fourth-order valence-electron chi connectivity index (χ4n) is 1.71. The van der Waals surface area contributed by atoms with Crippen LogP contribution in [0.15, 0.2) is 42.5 Å². The van der Waals surface area contributed by atoms with Crippen LogP contribution in [0.4, 0.5) is 11.4 Å². The molecule has 2 aromatic carbocycles. The molecule has 0 aliphatic rings. The minimum Gasteiger partial charge on any atom is -0.481 e. The van der Waals surface area contributed by atoms with Crippen LogP contribution in [0.1, 0.15) is 5.56 Å². The summed E-state index contributed by atoms with van der Waals surface area (Å²) < 4.78 is 0. The first kappa shape index (κ1) is 16.9. The molecule has 6 heteroatoms. The van der Waals surface area contributed by atoms with Gasteiger partial charge in [-0.25, -0.2) is 0 Å². The van der Waals surface area contributed by atoms with Crippen molar-refractivity contribution < 1.29 is 27.0 Å². The number of hydrogen-bond acceptors (Lipinski definition) is 2. The van der Waals surface area contributed by atoms with Crippen molar-refractivity contribution in [2.45, 2.75) is 6.42 Å². The van der Waals surface area contributed by atoms with Gasteiger partial charge in [0.25, 0.3) is 0 Å². The van der Waals surface area contributed by atoms with Crippen molar-refractivity contribution in [3.8, 4) is 0 Å². The van der Waals surface area contributed by atoms with Gasteiger partial charge in [-0.05, 0) is 23.8 Å². The van der Waals surface area contributed by atoms with E-state index in [2.05, 4.69) is 5.32 Å². The number of carboxylic acids is 1. The van der Waals surface area contributed by atoms with Crippen molar-refractivity contribution in [1.29, 1.82) is 0 Å². The minimum absolute atomic E-state index is 0. The third kappa shape index (κ3) is 4.15. The van der Waals surface area contributed by atoms with Crippen LogP contribution in [0.5, 0.6) is 0 Å². The molecular formula is C14H11Cl2CuNO2. The summed E-state index contributed by atoms with van der Waals surface area (Å²) in [7, 11) is 0. The Kier molecular flexibility index (Phi) is 6.37. The maximum atomic E-state index is 10.8. The summed E-state index contributed by atoms with van der Waals surface area (Å²) in [5.74, 6) is -0.889. The van der Waals surface area contributed by atoms with E-state index >= 15 is 0 Å². The Hall–Kier alpha value is -1.19. The van der Waals surface area contributed by atoms with Gasteiger partial charge in [-0.15, -0.1) is 0 Å². The Morgan fingerprint density at radius 2 is 1.65 bits per heavy atom. The summed E-state index contributed by atoms with van der Waals surface area (Å²) >= 11 is 12.1. The van der Waals surface area contributed by atoms with E-state index in [-0.39, 0.29) is 23.5 Å². The number of rotatable bonds is 4. The number of para-hydroxylation sites is 2. The zero-order valence-electron chi connectivity index (χ0n) is 10.2. The van der Waals surface area contributed by atoms with E-state index in [9.17, 15) is 4.79 Å². The van der Waals surface area contributed by atoms with E-state index in [4.69, 9.17) is 28.3 Å². The molecule has 0 bridgehead atoms. The molecule has 0 aromatic heterocycles. The van der Waals surface area contributed by atoms with Crippen LogP contribution in [0.3, 0.4) is 0 Å². The normalized spacial score (nSPS) is 9.70. The van der Waals surface area contributed by atoms with Crippen molar-refractivity contribution in [3.05, 3.63) is 58.1 Å². The van der Waals surface area contributed by atoms with Gasteiger partial charge in [0.1, 0.15) is 0 Å². The molecule has 0 heterocycles. The Labute approximate surface area is 137 Å². The van der Waals surface area contributed by atoms with Crippen LogP contribution in [0.2, 0.25) is 10.0 Å². The number of hydrogen-bond donors (Lipinski definition) is 2. The SMILES string of the molecule is O=C(O)Cc1ccccc1Nc1c(Cl)cccc1Cl.[Cu]. The average molecular weight is 360 g/mol. The molecule has 2 N–H and O–H groups in total. The van der Waals surface area contributed by atoms with Crippen molar-refractivity contribution in [2.75, 3.05) is 5.32 Å². The predicted molar refractivity (Wildman–Crippen MR) is 77.5 cm³/mol. The van der Waals surface area contributed by atoms with Crippen LogP contribution in [0.25, 0.3) is 0 Å². The largest absolute Gasteiger partial charge is 0.481 e. The summed E-state index contributed by atoms with van der Waals surface area (Å²) in [4.78, 5) is 10.8. The van der Waals surface area contributed by atoms with E-state index < -0.39 is 5.97 Å². The molecule has 2 aromatic rings. The number of halogens is 2. The van der Waals surface area contributed by atoms with Crippen molar-refractivity contribution >= 4 is 40.5 Å².